The van der Waals surface area contributed by atoms with Gasteiger partial charge in [-0.05, 0) is 30.7 Å². The smallest absolute Gasteiger partial charge is 0.254 e. The molecule has 0 unspecified atom stereocenters. The first-order chi connectivity index (χ1) is 8.79. The number of hydrogen-bond acceptors (Lipinski definition) is 4. The Labute approximate surface area is 110 Å². The highest BCUT2D eigenvalue weighted by molar-refractivity contribution is 5.99. The van der Waals surface area contributed by atoms with Gasteiger partial charge < -0.3 is 22.1 Å². The van der Waals surface area contributed by atoms with Crippen molar-refractivity contribution in [1.29, 1.82) is 0 Å². The molecular formula is C12H16N4O3. The lowest BCUT2D eigenvalue weighted by Crippen LogP contribution is -2.43. The largest absolute Gasteiger partial charge is 0.399 e. The number of anilines is 1. The van der Waals surface area contributed by atoms with Gasteiger partial charge in [-0.2, -0.15) is 0 Å². The molecule has 0 atom stereocenters. The van der Waals surface area contributed by atoms with Gasteiger partial charge in [-0.25, -0.2) is 0 Å². The fourth-order valence-corrected chi connectivity index (χ4v) is 1.69. The highest BCUT2D eigenvalue weighted by Gasteiger charge is 2.20. The summed E-state index contributed by atoms with van der Waals surface area (Å²) < 4.78 is 0. The molecule has 7 nitrogen and oxygen atoms in total. The number of nitrogen functional groups attached to an aromatic ring is 1. The van der Waals surface area contributed by atoms with Crippen LogP contribution in [0.4, 0.5) is 5.69 Å². The normalized spacial score (nSPS) is 9.95. The number of carbonyl (C=O) groups is 3. The van der Waals surface area contributed by atoms with Crippen molar-refractivity contribution in [1.82, 2.24) is 4.90 Å². The molecule has 0 heterocycles. The van der Waals surface area contributed by atoms with E-state index in [0.717, 1.165) is 10.5 Å². The van der Waals surface area contributed by atoms with Gasteiger partial charge in [0, 0.05) is 11.3 Å². The maximum Gasteiger partial charge on any atom is 0.254 e. The monoisotopic (exact) mass is 264 g/mol. The average molecular weight is 264 g/mol. The predicted molar refractivity (Wildman–Crippen MR) is 69.9 cm³/mol. The van der Waals surface area contributed by atoms with Crippen molar-refractivity contribution in [3.63, 3.8) is 0 Å². The standard InChI is InChI=1S/C12H16N4O3/c1-7-2-8(4-9(13)3-7)12(19)16(5-10(14)17)6-11(15)18/h2-4H,5-6,13H2,1H3,(H2,14,17)(H2,15,18). The van der Waals surface area contributed by atoms with Gasteiger partial charge in [0.15, 0.2) is 0 Å². The summed E-state index contributed by atoms with van der Waals surface area (Å²) >= 11 is 0. The van der Waals surface area contributed by atoms with E-state index in [1.807, 2.05) is 0 Å². The Kier molecular flexibility index (Phi) is 4.46. The van der Waals surface area contributed by atoms with Crippen molar-refractivity contribution in [2.45, 2.75) is 6.92 Å². The molecule has 0 aliphatic heterocycles. The van der Waals surface area contributed by atoms with E-state index >= 15 is 0 Å². The molecule has 102 valence electrons. The van der Waals surface area contributed by atoms with E-state index in [0.29, 0.717) is 5.69 Å². The van der Waals surface area contributed by atoms with Crippen molar-refractivity contribution >= 4 is 23.4 Å². The van der Waals surface area contributed by atoms with Crippen LogP contribution in [0.15, 0.2) is 18.2 Å². The number of aryl methyl sites for hydroxylation is 1. The Hall–Kier alpha value is -2.57. The van der Waals surface area contributed by atoms with E-state index in [4.69, 9.17) is 17.2 Å². The molecule has 0 saturated carbocycles. The number of primary amides is 2. The summed E-state index contributed by atoms with van der Waals surface area (Å²) in [5.41, 5.74) is 17.2. The molecule has 0 radical (unpaired) electrons. The number of amides is 3. The Morgan fingerprint density at radius 1 is 1.05 bits per heavy atom. The third kappa shape index (κ3) is 4.30. The second-order valence-corrected chi connectivity index (χ2v) is 4.23. The topological polar surface area (TPSA) is 133 Å². The fraction of sp³-hybridized carbons (Fsp3) is 0.250. The maximum atomic E-state index is 12.2. The van der Waals surface area contributed by atoms with Crippen molar-refractivity contribution in [3.8, 4) is 0 Å². The molecule has 0 aromatic heterocycles. The predicted octanol–water partition coefficient (Wildman–Crippen LogP) is -1.01. The average Bonchev–Trinajstić information content (AvgIpc) is 2.24. The van der Waals surface area contributed by atoms with E-state index in [1.54, 1.807) is 19.1 Å². The summed E-state index contributed by atoms with van der Waals surface area (Å²) in [5.74, 6) is -1.97. The van der Waals surface area contributed by atoms with Crippen LogP contribution in [0, 0.1) is 6.92 Å². The maximum absolute atomic E-state index is 12.2. The zero-order valence-corrected chi connectivity index (χ0v) is 10.6. The van der Waals surface area contributed by atoms with E-state index in [9.17, 15) is 14.4 Å². The summed E-state index contributed by atoms with van der Waals surface area (Å²) in [5, 5.41) is 0. The van der Waals surface area contributed by atoms with E-state index < -0.39 is 17.7 Å². The number of nitrogens with two attached hydrogens (primary N) is 3. The van der Waals surface area contributed by atoms with Crippen LogP contribution in [0.5, 0.6) is 0 Å². The van der Waals surface area contributed by atoms with Crippen LogP contribution in [-0.4, -0.2) is 35.7 Å². The molecule has 7 heteroatoms. The van der Waals surface area contributed by atoms with Gasteiger partial charge >= 0.3 is 0 Å². The second-order valence-electron chi connectivity index (χ2n) is 4.23. The summed E-state index contributed by atoms with van der Waals surface area (Å²) in [4.78, 5) is 35.0. The lowest BCUT2D eigenvalue weighted by atomic mass is 10.1. The molecule has 0 saturated heterocycles. The van der Waals surface area contributed by atoms with Crippen LogP contribution < -0.4 is 17.2 Å². The van der Waals surface area contributed by atoms with Crippen LogP contribution >= 0.6 is 0 Å². The molecule has 1 aromatic carbocycles. The van der Waals surface area contributed by atoms with Crippen LogP contribution in [0.25, 0.3) is 0 Å². The quantitative estimate of drug-likeness (QED) is 0.587. The lowest BCUT2D eigenvalue weighted by molar-refractivity contribution is -0.121. The minimum absolute atomic E-state index is 0.278. The second kappa shape index (κ2) is 5.85. The van der Waals surface area contributed by atoms with Crippen LogP contribution in [0.1, 0.15) is 15.9 Å². The fourth-order valence-electron chi connectivity index (χ4n) is 1.69. The summed E-state index contributed by atoms with van der Waals surface area (Å²) in [6, 6.07) is 4.77. The highest BCUT2D eigenvalue weighted by Crippen LogP contribution is 2.13. The molecule has 6 N–H and O–H groups in total. The van der Waals surface area contributed by atoms with Crippen LogP contribution in [0.2, 0.25) is 0 Å². The minimum Gasteiger partial charge on any atom is -0.399 e. The zero-order chi connectivity index (χ0) is 14.6. The van der Waals surface area contributed by atoms with E-state index in [-0.39, 0.29) is 18.7 Å². The molecule has 1 rings (SSSR count). The number of carbonyl (C=O) groups excluding carboxylic acids is 3. The van der Waals surface area contributed by atoms with Crippen LogP contribution in [0.3, 0.4) is 0 Å². The van der Waals surface area contributed by atoms with Gasteiger partial charge in [-0.3, -0.25) is 14.4 Å². The molecule has 0 bridgehead atoms. The molecule has 0 fully saturated rings. The summed E-state index contributed by atoms with van der Waals surface area (Å²) in [6.45, 7) is 1.02. The number of benzene rings is 1. The number of hydrogen-bond donors (Lipinski definition) is 3. The van der Waals surface area contributed by atoms with Crippen molar-refractivity contribution < 1.29 is 14.4 Å². The molecule has 0 aliphatic rings. The molecule has 0 aliphatic carbocycles. The van der Waals surface area contributed by atoms with Gasteiger partial charge in [0.1, 0.15) is 13.1 Å². The van der Waals surface area contributed by atoms with Gasteiger partial charge in [0.2, 0.25) is 11.8 Å². The summed E-state index contributed by atoms with van der Waals surface area (Å²) in [6.07, 6.45) is 0. The summed E-state index contributed by atoms with van der Waals surface area (Å²) in [7, 11) is 0. The van der Waals surface area contributed by atoms with Gasteiger partial charge in [0.25, 0.3) is 5.91 Å². The Bertz CT molecular complexity index is 491. The van der Waals surface area contributed by atoms with Crippen molar-refractivity contribution in [2.75, 3.05) is 18.8 Å². The Balaban J connectivity index is 3.03. The van der Waals surface area contributed by atoms with E-state index in [2.05, 4.69) is 0 Å². The third-order valence-corrected chi connectivity index (χ3v) is 2.33. The molecule has 3 amide bonds. The first-order valence-electron chi connectivity index (χ1n) is 5.52. The highest BCUT2D eigenvalue weighted by atomic mass is 16.2. The van der Waals surface area contributed by atoms with Crippen molar-refractivity contribution in [2.24, 2.45) is 11.5 Å². The third-order valence-electron chi connectivity index (χ3n) is 2.33. The Morgan fingerprint density at radius 3 is 2.00 bits per heavy atom. The minimum atomic E-state index is -0.727. The molecular weight excluding hydrogens is 248 g/mol. The number of rotatable bonds is 5. The lowest BCUT2D eigenvalue weighted by Gasteiger charge is -2.19. The molecule has 1 aromatic rings. The van der Waals surface area contributed by atoms with E-state index in [1.165, 1.54) is 6.07 Å². The molecule has 0 spiro atoms. The van der Waals surface area contributed by atoms with Crippen molar-refractivity contribution in [3.05, 3.63) is 29.3 Å². The first kappa shape index (κ1) is 14.5. The van der Waals surface area contributed by atoms with Crippen LogP contribution in [-0.2, 0) is 9.59 Å². The van der Waals surface area contributed by atoms with Gasteiger partial charge in [-0.1, -0.05) is 0 Å². The zero-order valence-electron chi connectivity index (χ0n) is 10.6. The first-order valence-corrected chi connectivity index (χ1v) is 5.52. The van der Waals surface area contributed by atoms with Gasteiger partial charge in [0.05, 0.1) is 0 Å². The Morgan fingerprint density at radius 2 is 1.58 bits per heavy atom. The molecule has 19 heavy (non-hydrogen) atoms. The SMILES string of the molecule is Cc1cc(N)cc(C(=O)N(CC(N)=O)CC(N)=O)c1. The number of nitrogens with zero attached hydrogens (tertiary/aromatic N) is 1. The van der Waals surface area contributed by atoms with Gasteiger partial charge in [-0.15, -0.1) is 0 Å².